The zero-order valence-corrected chi connectivity index (χ0v) is 8.44. The second-order valence-electron chi connectivity index (χ2n) is 3.20. The Morgan fingerprint density at radius 2 is 1.92 bits per heavy atom. The molecule has 66 valence electrons. The van der Waals surface area contributed by atoms with E-state index in [1.54, 1.807) is 0 Å². The van der Waals surface area contributed by atoms with Gasteiger partial charge in [-0.05, 0) is 37.5 Å². The molecule has 1 aromatic rings. The highest BCUT2D eigenvalue weighted by Gasteiger charge is 2.07. The van der Waals surface area contributed by atoms with Gasteiger partial charge >= 0.3 is 0 Å². The van der Waals surface area contributed by atoms with E-state index in [-0.39, 0.29) is 6.04 Å². The first-order valence-electron chi connectivity index (χ1n) is 4.05. The van der Waals surface area contributed by atoms with Gasteiger partial charge in [0.25, 0.3) is 0 Å². The standard InChI is InChI=1S/C10H14ClN/c1-6-4-5-9(8(3)12)7(2)10(6)11/h4-5,8H,12H2,1-3H3. The number of hydrogen-bond donors (Lipinski definition) is 1. The summed E-state index contributed by atoms with van der Waals surface area (Å²) < 4.78 is 0. The third kappa shape index (κ3) is 1.62. The molecule has 1 unspecified atom stereocenters. The van der Waals surface area contributed by atoms with Gasteiger partial charge in [-0.2, -0.15) is 0 Å². The molecule has 2 heteroatoms. The molecule has 0 amide bonds. The molecule has 0 spiro atoms. The van der Waals surface area contributed by atoms with E-state index in [1.807, 2.05) is 32.9 Å². The zero-order chi connectivity index (χ0) is 9.30. The van der Waals surface area contributed by atoms with E-state index < -0.39 is 0 Å². The molecule has 0 fully saturated rings. The van der Waals surface area contributed by atoms with Crippen molar-refractivity contribution in [3.63, 3.8) is 0 Å². The average molecular weight is 184 g/mol. The normalized spacial score (nSPS) is 13.1. The van der Waals surface area contributed by atoms with E-state index >= 15 is 0 Å². The van der Waals surface area contributed by atoms with E-state index in [4.69, 9.17) is 17.3 Å². The third-order valence-corrected chi connectivity index (χ3v) is 2.69. The molecule has 0 aliphatic rings. The van der Waals surface area contributed by atoms with Gasteiger partial charge in [0.05, 0.1) is 0 Å². The van der Waals surface area contributed by atoms with Gasteiger partial charge in [0.2, 0.25) is 0 Å². The summed E-state index contributed by atoms with van der Waals surface area (Å²) in [5.74, 6) is 0. The maximum Gasteiger partial charge on any atom is 0.0467 e. The Morgan fingerprint density at radius 1 is 1.33 bits per heavy atom. The molecule has 0 aliphatic heterocycles. The second kappa shape index (κ2) is 3.46. The number of halogens is 1. The molecule has 12 heavy (non-hydrogen) atoms. The van der Waals surface area contributed by atoms with E-state index in [0.717, 1.165) is 21.7 Å². The molecule has 1 nitrogen and oxygen atoms in total. The molecule has 2 N–H and O–H groups in total. The highest BCUT2D eigenvalue weighted by atomic mass is 35.5. The Balaban J connectivity index is 3.27. The lowest BCUT2D eigenvalue weighted by Gasteiger charge is -2.12. The average Bonchev–Trinajstić information content (AvgIpc) is 2.00. The number of aryl methyl sites for hydroxylation is 1. The molecular formula is C10H14ClN. The van der Waals surface area contributed by atoms with Crippen LogP contribution in [0.25, 0.3) is 0 Å². The number of benzene rings is 1. The summed E-state index contributed by atoms with van der Waals surface area (Å²) in [7, 11) is 0. The van der Waals surface area contributed by atoms with Crippen LogP contribution in [-0.2, 0) is 0 Å². The first-order chi connectivity index (χ1) is 5.54. The van der Waals surface area contributed by atoms with Gasteiger partial charge in [0.1, 0.15) is 0 Å². The van der Waals surface area contributed by atoms with Crippen molar-refractivity contribution in [1.82, 2.24) is 0 Å². The lowest BCUT2D eigenvalue weighted by Crippen LogP contribution is -2.07. The summed E-state index contributed by atoms with van der Waals surface area (Å²) in [6.45, 7) is 5.97. The van der Waals surface area contributed by atoms with Crippen molar-refractivity contribution in [1.29, 1.82) is 0 Å². The minimum atomic E-state index is 0.0584. The van der Waals surface area contributed by atoms with Crippen molar-refractivity contribution < 1.29 is 0 Å². The molecule has 0 heterocycles. The molecule has 0 aromatic heterocycles. The van der Waals surface area contributed by atoms with Crippen LogP contribution in [0, 0.1) is 13.8 Å². The van der Waals surface area contributed by atoms with E-state index in [9.17, 15) is 0 Å². The van der Waals surface area contributed by atoms with Crippen molar-refractivity contribution in [2.24, 2.45) is 5.73 Å². The Kier molecular flexibility index (Phi) is 2.76. The van der Waals surface area contributed by atoms with Crippen molar-refractivity contribution >= 4 is 11.6 Å². The molecule has 0 saturated carbocycles. The monoisotopic (exact) mass is 183 g/mol. The fourth-order valence-corrected chi connectivity index (χ4v) is 1.50. The first-order valence-corrected chi connectivity index (χ1v) is 4.43. The predicted molar refractivity (Wildman–Crippen MR) is 53.5 cm³/mol. The van der Waals surface area contributed by atoms with Gasteiger partial charge in [-0.15, -0.1) is 0 Å². The van der Waals surface area contributed by atoms with Gasteiger partial charge in [0, 0.05) is 11.1 Å². The topological polar surface area (TPSA) is 26.0 Å². The molecule has 0 radical (unpaired) electrons. The minimum absolute atomic E-state index is 0.0584. The maximum absolute atomic E-state index is 6.07. The van der Waals surface area contributed by atoms with Gasteiger partial charge in [-0.1, -0.05) is 23.7 Å². The molecule has 0 aliphatic carbocycles. The fraction of sp³-hybridized carbons (Fsp3) is 0.400. The first kappa shape index (κ1) is 9.56. The summed E-state index contributed by atoms with van der Waals surface area (Å²) >= 11 is 6.07. The van der Waals surface area contributed by atoms with Crippen LogP contribution in [0.15, 0.2) is 12.1 Å². The molecule has 0 saturated heterocycles. The van der Waals surface area contributed by atoms with Crippen LogP contribution in [0.1, 0.15) is 29.7 Å². The molecule has 1 aromatic carbocycles. The van der Waals surface area contributed by atoms with E-state index in [0.29, 0.717) is 0 Å². The molecule has 1 atom stereocenters. The highest BCUT2D eigenvalue weighted by molar-refractivity contribution is 6.32. The summed E-state index contributed by atoms with van der Waals surface area (Å²) in [6.07, 6.45) is 0. The van der Waals surface area contributed by atoms with Crippen LogP contribution < -0.4 is 5.73 Å². The predicted octanol–water partition coefficient (Wildman–Crippen LogP) is 2.98. The van der Waals surface area contributed by atoms with E-state index in [1.165, 1.54) is 0 Å². The molecule has 0 bridgehead atoms. The smallest absolute Gasteiger partial charge is 0.0467 e. The van der Waals surface area contributed by atoms with Crippen molar-refractivity contribution in [2.75, 3.05) is 0 Å². The number of nitrogens with two attached hydrogens (primary N) is 1. The quantitative estimate of drug-likeness (QED) is 0.712. The maximum atomic E-state index is 6.07. The third-order valence-electron chi connectivity index (χ3n) is 2.11. The number of rotatable bonds is 1. The van der Waals surface area contributed by atoms with Crippen molar-refractivity contribution in [2.45, 2.75) is 26.8 Å². The minimum Gasteiger partial charge on any atom is -0.324 e. The lowest BCUT2D eigenvalue weighted by atomic mass is 10.0. The van der Waals surface area contributed by atoms with Gasteiger partial charge in [-0.25, -0.2) is 0 Å². The van der Waals surface area contributed by atoms with Gasteiger partial charge in [-0.3, -0.25) is 0 Å². The Hall–Kier alpha value is -0.530. The fourth-order valence-electron chi connectivity index (χ4n) is 1.33. The van der Waals surface area contributed by atoms with Crippen LogP contribution in [0.3, 0.4) is 0 Å². The summed E-state index contributed by atoms with van der Waals surface area (Å²) in [5.41, 5.74) is 9.12. The van der Waals surface area contributed by atoms with Crippen molar-refractivity contribution in [3.05, 3.63) is 33.8 Å². The molecule has 1 rings (SSSR count). The van der Waals surface area contributed by atoms with Crippen molar-refractivity contribution in [3.8, 4) is 0 Å². The SMILES string of the molecule is Cc1ccc(C(C)N)c(C)c1Cl. The summed E-state index contributed by atoms with van der Waals surface area (Å²) in [4.78, 5) is 0. The summed E-state index contributed by atoms with van der Waals surface area (Å²) in [6, 6.07) is 4.11. The Morgan fingerprint density at radius 3 is 2.42 bits per heavy atom. The van der Waals surface area contributed by atoms with E-state index in [2.05, 4.69) is 0 Å². The zero-order valence-electron chi connectivity index (χ0n) is 7.69. The van der Waals surface area contributed by atoms with Crippen LogP contribution in [0.4, 0.5) is 0 Å². The number of hydrogen-bond acceptors (Lipinski definition) is 1. The highest BCUT2D eigenvalue weighted by Crippen LogP contribution is 2.26. The van der Waals surface area contributed by atoms with Crippen LogP contribution >= 0.6 is 11.6 Å². The Labute approximate surface area is 78.5 Å². The molecular weight excluding hydrogens is 170 g/mol. The summed E-state index contributed by atoms with van der Waals surface area (Å²) in [5, 5.41) is 0.838. The largest absolute Gasteiger partial charge is 0.324 e. The Bertz CT molecular complexity index is 292. The van der Waals surface area contributed by atoms with Crippen LogP contribution in [0.5, 0.6) is 0 Å². The second-order valence-corrected chi connectivity index (χ2v) is 3.58. The van der Waals surface area contributed by atoms with Gasteiger partial charge in [0.15, 0.2) is 0 Å². The lowest BCUT2D eigenvalue weighted by molar-refractivity contribution is 0.809. The van der Waals surface area contributed by atoms with Crippen LogP contribution in [0.2, 0.25) is 5.02 Å². The van der Waals surface area contributed by atoms with Gasteiger partial charge < -0.3 is 5.73 Å². The van der Waals surface area contributed by atoms with Crippen LogP contribution in [-0.4, -0.2) is 0 Å².